The van der Waals surface area contributed by atoms with Crippen LogP contribution in [0.4, 0.5) is 0 Å². The number of nitrogens with one attached hydrogen (secondary N) is 1. The average molecular weight is 117 g/mol. The van der Waals surface area contributed by atoms with E-state index in [1.165, 1.54) is 0 Å². The maximum Gasteiger partial charge on any atom is 0.00392 e. The number of thiol groups is 1. The lowest BCUT2D eigenvalue weighted by Gasteiger charge is -1.98. The van der Waals surface area contributed by atoms with Crippen LogP contribution in [0.15, 0.2) is 12.3 Å². The highest BCUT2D eigenvalue weighted by Gasteiger charge is 1.82. The van der Waals surface area contributed by atoms with Crippen LogP contribution in [0.5, 0.6) is 0 Å². The first-order valence-electron chi connectivity index (χ1n) is 2.27. The van der Waals surface area contributed by atoms with Gasteiger partial charge in [0.25, 0.3) is 0 Å². The molecule has 42 valence electrons. The van der Waals surface area contributed by atoms with E-state index in [0.29, 0.717) is 0 Å². The molecule has 0 amide bonds. The van der Waals surface area contributed by atoms with Gasteiger partial charge in [-0.25, -0.2) is 0 Å². The van der Waals surface area contributed by atoms with Gasteiger partial charge in [0.15, 0.2) is 0 Å². The summed E-state index contributed by atoms with van der Waals surface area (Å²) in [7, 11) is 1.87. The van der Waals surface area contributed by atoms with Gasteiger partial charge in [-0.3, -0.25) is 0 Å². The SMILES string of the molecule is C=C(CCS)NC. The van der Waals surface area contributed by atoms with Crippen LogP contribution in [-0.4, -0.2) is 12.8 Å². The Morgan fingerprint density at radius 3 is 2.57 bits per heavy atom. The Bertz CT molecular complexity index is 61.1. The van der Waals surface area contributed by atoms with E-state index in [1.807, 2.05) is 7.05 Å². The molecule has 0 rings (SSSR count). The van der Waals surface area contributed by atoms with Crippen molar-refractivity contribution in [2.45, 2.75) is 6.42 Å². The summed E-state index contributed by atoms with van der Waals surface area (Å²) >= 11 is 4.01. The molecule has 0 aromatic carbocycles. The zero-order valence-corrected chi connectivity index (χ0v) is 5.46. The highest BCUT2D eigenvalue weighted by molar-refractivity contribution is 7.80. The molecule has 0 aliphatic rings. The van der Waals surface area contributed by atoms with Crippen molar-refractivity contribution in [3.63, 3.8) is 0 Å². The Morgan fingerprint density at radius 1 is 1.86 bits per heavy atom. The molecule has 0 aromatic rings. The first-order valence-corrected chi connectivity index (χ1v) is 2.91. The van der Waals surface area contributed by atoms with Gasteiger partial charge in [-0.15, -0.1) is 0 Å². The zero-order chi connectivity index (χ0) is 5.70. The quantitative estimate of drug-likeness (QED) is 0.526. The smallest absolute Gasteiger partial charge is 0.00392 e. The van der Waals surface area contributed by atoms with E-state index >= 15 is 0 Å². The van der Waals surface area contributed by atoms with Crippen LogP contribution in [0.2, 0.25) is 0 Å². The molecule has 0 saturated carbocycles. The largest absolute Gasteiger partial charge is 0.392 e. The van der Waals surface area contributed by atoms with Gasteiger partial charge in [0.1, 0.15) is 0 Å². The molecule has 0 unspecified atom stereocenters. The van der Waals surface area contributed by atoms with Crippen molar-refractivity contribution in [3.8, 4) is 0 Å². The van der Waals surface area contributed by atoms with Crippen molar-refractivity contribution in [1.82, 2.24) is 5.32 Å². The second kappa shape index (κ2) is 4.06. The van der Waals surface area contributed by atoms with Gasteiger partial charge in [0.05, 0.1) is 0 Å². The fourth-order valence-electron chi connectivity index (χ4n) is 0.260. The highest BCUT2D eigenvalue weighted by Crippen LogP contribution is 1.91. The molecule has 0 saturated heterocycles. The normalized spacial score (nSPS) is 8.29. The zero-order valence-electron chi connectivity index (χ0n) is 4.57. The van der Waals surface area contributed by atoms with Gasteiger partial charge in [0.2, 0.25) is 0 Å². The van der Waals surface area contributed by atoms with Gasteiger partial charge >= 0.3 is 0 Å². The molecule has 0 radical (unpaired) electrons. The van der Waals surface area contributed by atoms with Crippen molar-refractivity contribution >= 4 is 12.6 Å². The average Bonchev–Trinajstić information content (AvgIpc) is 1.68. The second-order valence-corrected chi connectivity index (χ2v) is 1.77. The number of hydrogen-bond donors (Lipinski definition) is 2. The van der Waals surface area contributed by atoms with Crippen LogP contribution >= 0.6 is 12.6 Å². The number of allylic oxidation sites excluding steroid dienone is 1. The molecule has 0 heterocycles. The molecule has 0 aromatic heterocycles. The third-order valence-corrected chi connectivity index (χ3v) is 0.991. The maximum absolute atomic E-state index is 4.01. The van der Waals surface area contributed by atoms with Crippen molar-refractivity contribution in [1.29, 1.82) is 0 Å². The minimum Gasteiger partial charge on any atom is -0.392 e. The summed E-state index contributed by atoms with van der Waals surface area (Å²) in [6, 6.07) is 0. The van der Waals surface area contributed by atoms with Gasteiger partial charge in [-0.1, -0.05) is 6.58 Å². The summed E-state index contributed by atoms with van der Waals surface area (Å²) in [4.78, 5) is 0. The lowest BCUT2D eigenvalue weighted by molar-refractivity contribution is 0.916. The summed E-state index contributed by atoms with van der Waals surface area (Å²) < 4.78 is 0. The van der Waals surface area contributed by atoms with E-state index < -0.39 is 0 Å². The Kier molecular flexibility index (Phi) is 4.00. The van der Waals surface area contributed by atoms with Crippen LogP contribution in [0.1, 0.15) is 6.42 Å². The van der Waals surface area contributed by atoms with E-state index in [0.717, 1.165) is 17.9 Å². The summed E-state index contributed by atoms with van der Waals surface area (Å²) in [5.74, 6) is 0.875. The monoisotopic (exact) mass is 117 g/mol. The summed E-state index contributed by atoms with van der Waals surface area (Å²) in [6.45, 7) is 3.70. The lowest BCUT2D eigenvalue weighted by Crippen LogP contribution is -2.03. The predicted molar refractivity (Wildman–Crippen MR) is 36.7 cm³/mol. The Labute approximate surface area is 50.2 Å². The first-order chi connectivity index (χ1) is 3.31. The topological polar surface area (TPSA) is 12.0 Å². The van der Waals surface area contributed by atoms with Crippen LogP contribution in [0, 0.1) is 0 Å². The van der Waals surface area contributed by atoms with Gasteiger partial charge in [0, 0.05) is 12.7 Å². The third kappa shape index (κ3) is 3.73. The first kappa shape index (κ1) is 6.89. The molecule has 0 atom stereocenters. The van der Waals surface area contributed by atoms with Crippen LogP contribution in [-0.2, 0) is 0 Å². The third-order valence-electron chi connectivity index (χ3n) is 0.767. The van der Waals surface area contributed by atoms with Crippen LogP contribution in [0.3, 0.4) is 0 Å². The van der Waals surface area contributed by atoms with Crippen molar-refractivity contribution < 1.29 is 0 Å². The molecule has 0 spiro atoms. The molecule has 1 N–H and O–H groups in total. The standard InChI is InChI=1S/C5H11NS/c1-5(6-2)3-4-7/h6-7H,1,3-4H2,2H3. The molecule has 0 aliphatic carbocycles. The molecule has 2 heteroatoms. The molecule has 0 aliphatic heterocycles. The molecule has 0 fully saturated rings. The lowest BCUT2D eigenvalue weighted by atomic mass is 10.4. The van der Waals surface area contributed by atoms with E-state index in [1.54, 1.807) is 0 Å². The predicted octanol–water partition coefficient (Wildman–Crippen LogP) is 1.04. The minimum absolute atomic E-state index is 0.875. The van der Waals surface area contributed by atoms with Crippen LogP contribution in [0.25, 0.3) is 0 Å². The highest BCUT2D eigenvalue weighted by atomic mass is 32.1. The minimum atomic E-state index is 0.875. The Balaban J connectivity index is 3.00. The summed E-state index contributed by atoms with van der Waals surface area (Å²) in [6.07, 6.45) is 0.958. The number of rotatable bonds is 3. The van der Waals surface area contributed by atoms with Crippen LogP contribution < -0.4 is 5.32 Å². The van der Waals surface area contributed by atoms with E-state index in [2.05, 4.69) is 24.5 Å². The second-order valence-electron chi connectivity index (χ2n) is 1.33. The molecule has 7 heavy (non-hydrogen) atoms. The van der Waals surface area contributed by atoms with Gasteiger partial charge in [-0.05, 0) is 12.2 Å². The molecule has 0 bridgehead atoms. The number of hydrogen-bond acceptors (Lipinski definition) is 2. The van der Waals surface area contributed by atoms with E-state index in [4.69, 9.17) is 0 Å². The fraction of sp³-hybridized carbons (Fsp3) is 0.600. The fourth-order valence-corrected chi connectivity index (χ4v) is 0.530. The Morgan fingerprint density at radius 2 is 2.43 bits per heavy atom. The maximum atomic E-state index is 4.01. The van der Waals surface area contributed by atoms with E-state index in [9.17, 15) is 0 Å². The van der Waals surface area contributed by atoms with Crippen molar-refractivity contribution in [3.05, 3.63) is 12.3 Å². The Hall–Kier alpha value is -0.110. The molecular weight excluding hydrogens is 106 g/mol. The summed E-state index contributed by atoms with van der Waals surface area (Å²) in [5.41, 5.74) is 1.05. The van der Waals surface area contributed by atoms with Gasteiger partial charge < -0.3 is 5.32 Å². The van der Waals surface area contributed by atoms with Crippen molar-refractivity contribution in [2.75, 3.05) is 12.8 Å². The summed E-state index contributed by atoms with van der Waals surface area (Å²) in [5, 5.41) is 2.92. The molecule has 1 nitrogen and oxygen atoms in total. The molecular formula is C5H11NS. The van der Waals surface area contributed by atoms with E-state index in [-0.39, 0.29) is 0 Å². The van der Waals surface area contributed by atoms with Crippen molar-refractivity contribution in [2.24, 2.45) is 0 Å². The van der Waals surface area contributed by atoms with Gasteiger partial charge in [-0.2, -0.15) is 12.6 Å².